The summed E-state index contributed by atoms with van der Waals surface area (Å²) in [5, 5.41) is 6.63. The molecular weight excluding hydrogens is 354 g/mol. The van der Waals surface area contributed by atoms with Gasteiger partial charge < -0.3 is 5.32 Å². The number of amides is 2. The number of imide groups is 1. The Morgan fingerprint density at radius 2 is 1.27 bits per heavy atom. The van der Waals surface area contributed by atoms with E-state index in [1.807, 2.05) is 17.1 Å². The lowest BCUT2D eigenvalue weighted by molar-refractivity contribution is -0.0220. The van der Waals surface area contributed by atoms with Crippen molar-refractivity contribution in [2.45, 2.75) is 0 Å². The highest BCUT2D eigenvalue weighted by Crippen LogP contribution is 2.24. The summed E-state index contributed by atoms with van der Waals surface area (Å²) in [6.07, 6.45) is 0. The first-order chi connectivity index (χ1) is 12.2. The summed E-state index contributed by atoms with van der Waals surface area (Å²) in [4.78, 5) is 30.0. The number of nitrogens with zero attached hydrogens (tertiary/aromatic N) is 4. The Morgan fingerprint density at radius 1 is 0.769 bits per heavy atom. The molecule has 1 N–H and O–H groups in total. The molecule has 1 aromatic carbocycles. The second-order valence-electron chi connectivity index (χ2n) is 6.85. The molecule has 0 radical (unpaired) electrons. The lowest BCUT2D eigenvalue weighted by Crippen LogP contribution is -2.56. The molecule has 8 heteroatoms. The van der Waals surface area contributed by atoms with E-state index in [1.165, 1.54) is 5.01 Å². The SMILES string of the molecule is Cl.O=C1c2ccccc2C(=O)N1N1CCN(CCN2CCNCC2)CC1. The average molecular weight is 380 g/mol. The number of hydrogen-bond donors (Lipinski definition) is 1. The molecule has 26 heavy (non-hydrogen) atoms. The van der Waals surface area contributed by atoms with Crippen LogP contribution in [0.3, 0.4) is 0 Å². The van der Waals surface area contributed by atoms with Gasteiger partial charge in [-0.05, 0) is 12.1 Å². The first kappa shape index (κ1) is 19.3. The van der Waals surface area contributed by atoms with Crippen molar-refractivity contribution in [3.63, 3.8) is 0 Å². The number of benzene rings is 1. The van der Waals surface area contributed by atoms with Crippen molar-refractivity contribution in [2.24, 2.45) is 0 Å². The van der Waals surface area contributed by atoms with Gasteiger partial charge in [0.1, 0.15) is 0 Å². The van der Waals surface area contributed by atoms with Gasteiger partial charge in [0.15, 0.2) is 0 Å². The van der Waals surface area contributed by atoms with Crippen LogP contribution in [0.4, 0.5) is 0 Å². The predicted molar refractivity (Wildman–Crippen MR) is 102 cm³/mol. The third kappa shape index (κ3) is 3.77. The van der Waals surface area contributed by atoms with Crippen LogP contribution in [0.15, 0.2) is 24.3 Å². The standard InChI is InChI=1S/C18H25N5O2.ClH/c24-17-15-3-1-2-4-16(15)18(25)23(17)22-13-11-21(12-14-22)10-9-20-7-5-19-6-8-20;/h1-4,19H,5-14H2;1H. The van der Waals surface area contributed by atoms with Crippen molar-refractivity contribution in [1.82, 2.24) is 25.1 Å². The molecule has 0 aliphatic carbocycles. The molecule has 0 saturated carbocycles. The van der Waals surface area contributed by atoms with E-state index in [0.717, 1.165) is 52.4 Å². The van der Waals surface area contributed by atoms with Crippen LogP contribution in [0.2, 0.25) is 0 Å². The van der Waals surface area contributed by atoms with Crippen molar-refractivity contribution in [1.29, 1.82) is 0 Å². The second-order valence-corrected chi connectivity index (χ2v) is 6.85. The average Bonchev–Trinajstić information content (AvgIpc) is 2.93. The molecule has 0 unspecified atom stereocenters. The molecule has 1 aromatic rings. The van der Waals surface area contributed by atoms with E-state index in [-0.39, 0.29) is 24.2 Å². The number of carbonyl (C=O) groups excluding carboxylic acids is 2. The van der Waals surface area contributed by atoms with Gasteiger partial charge in [-0.15, -0.1) is 12.4 Å². The van der Waals surface area contributed by atoms with Gasteiger partial charge in [0.25, 0.3) is 11.8 Å². The van der Waals surface area contributed by atoms with Gasteiger partial charge in [0.05, 0.1) is 11.1 Å². The Bertz CT molecular complexity index is 622. The first-order valence-electron chi connectivity index (χ1n) is 9.12. The molecule has 0 bridgehead atoms. The first-order valence-corrected chi connectivity index (χ1v) is 9.12. The van der Waals surface area contributed by atoms with Crippen molar-refractivity contribution in [2.75, 3.05) is 65.4 Å². The Morgan fingerprint density at radius 3 is 1.81 bits per heavy atom. The van der Waals surface area contributed by atoms with E-state index in [2.05, 4.69) is 15.1 Å². The summed E-state index contributed by atoms with van der Waals surface area (Å²) in [6.45, 7) is 9.74. The largest absolute Gasteiger partial charge is 0.314 e. The summed E-state index contributed by atoms with van der Waals surface area (Å²) in [7, 11) is 0. The summed E-state index contributed by atoms with van der Waals surface area (Å²) in [5.41, 5.74) is 1.04. The van der Waals surface area contributed by atoms with Gasteiger partial charge in [-0.1, -0.05) is 12.1 Å². The second kappa shape index (κ2) is 8.45. The monoisotopic (exact) mass is 379 g/mol. The molecule has 3 heterocycles. The lowest BCUT2D eigenvalue weighted by atomic mass is 10.1. The maximum Gasteiger partial charge on any atom is 0.276 e. The van der Waals surface area contributed by atoms with Crippen LogP contribution < -0.4 is 5.32 Å². The van der Waals surface area contributed by atoms with Gasteiger partial charge in [-0.25, -0.2) is 10.0 Å². The summed E-state index contributed by atoms with van der Waals surface area (Å²) < 4.78 is 0. The van der Waals surface area contributed by atoms with E-state index in [0.29, 0.717) is 24.2 Å². The molecule has 142 valence electrons. The Balaban J connectivity index is 0.00000196. The molecule has 7 nitrogen and oxygen atoms in total. The van der Waals surface area contributed by atoms with E-state index in [1.54, 1.807) is 12.1 Å². The summed E-state index contributed by atoms with van der Waals surface area (Å²) in [6, 6.07) is 7.09. The number of hydrazine groups is 1. The summed E-state index contributed by atoms with van der Waals surface area (Å²) >= 11 is 0. The van der Waals surface area contributed by atoms with Gasteiger partial charge in [-0.3, -0.25) is 19.4 Å². The lowest BCUT2D eigenvalue weighted by Gasteiger charge is -2.39. The normalized spacial score (nSPS) is 22.4. The van der Waals surface area contributed by atoms with E-state index in [9.17, 15) is 9.59 Å². The molecule has 2 saturated heterocycles. The van der Waals surface area contributed by atoms with E-state index >= 15 is 0 Å². The highest BCUT2D eigenvalue weighted by Gasteiger charge is 2.39. The van der Waals surface area contributed by atoms with Crippen LogP contribution in [-0.4, -0.2) is 97.1 Å². The molecule has 2 amide bonds. The number of carbonyl (C=O) groups is 2. The topological polar surface area (TPSA) is 59.1 Å². The minimum absolute atomic E-state index is 0. The maximum atomic E-state index is 12.6. The fourth-order valence-electron chi connectivity index (χ4n) is 3.81. The fourth-order valence-corrected chi connectivity index (χ4v) is 3.81. The molecule has 2 fully saturated rings. The zero-order chi connectivity index (χ0) is 17.2. The smallest absolute Gasteiger partial charge is 0.276 e. The number of halogens is 1. The van der Waals surface area contributed by atoms with Crippen LogP contribution in [-0.2, 0) is 0 Å². The molecule has 3 aliphatic rings. The van der Waals surface area contributed by atoms with Crippen molar-refractivity contribution in [3.05, 3.63) is 35.4 Å². The number of fused-ring (bicyclic) bond motifs is 1. The third-order valence-corrected chi connectivity index (χ3v) is 5.35. The third-order valence-electron chi connectivity index (χ3n) is 5.35. The Labute approximate surface area is 160 Å². The zero-order valence-electron chi connectivity index (χ0n) is 14.9. The molecular formula is C18H26ClN5O2. The highest BCUT2D eigenvalue weighted by molar-refractivity contribution is 6.20. The number of hydrogen-bond acceptors (Lipinski definition) is 6. The predicted octanol–water partition coefficient (Wildman–Crippen LogP) is 0.142. The van der Waals surface area contributed by atoms with Crippen molar-refractivity contribution < 1.29 is 9.59 Å². The number of nitrogens with one attached hydrogen (secondary N) is 1. The number of rotatable bonds is 4. The van der Waals surface area contributed by atoms with Crippen LogP contribution in [0.25, 0.3) is 0 Å². The molecule has 0 atom stereocenters. The molecule has 0 aromatic heterocycles. The fraction of sp³-hybridized carbons (Fsp3) is 0.556. The van der Waals surface area contributed by atoms with Crippen LogP contribution in [0.5, 0.6) is 0 Å². The van der Waals surface area contributed by atoms with Crippen LogP contribution >= 0.6 is 12.4 Å². The zero-order valence-corrected chi connectivity index (χ0v) is 15.7. The molecule has 0 spiro atoms. The van der Waals surface area contributed by atoms with E-state index < -0.39 is 0 Å². The van der Waals surface area contributed by atoms with Crippen LogP contribution in [0.1, 0.15) is 20.7 Å². The van der Waals surface area contributed by atoms with Gasteiger partial charge in [0.2, 0.25) is 0 Å². The van der Waals surface area contributed by atoms with Gasteiger partial charge in [-0.2, -0.15) is 0 Å². The van der Waals surface area contributed by atoms with Crippen molar-refractivity contribution >= 4 is 24.2 Å². The van der Waals surface area contributed by atoms with Crippen LogP contribution in [0, 0.1) is 0 Å². The summed E-state index contributed by atoms with van der Waals surface area (Å²) in [5.74, 6) is -0.371. The maximum absolute atomic E-state index is 12.6. The highest BCUT2D eigenvalue weighted by atomic mass is 35.5. The van der Waals surface area contributed by atoms with Crippen molar-refractivity contribution in [3.8, 4) is 0 Å². The van der Waals surface area contributed by atoms with Gasteiger partial charge >= 0.3 is 0 Å². The Hall–Kier alpha value is -1.51. The quantitative estimate of drug-likeness (QED) is 0.751. The molecule has 3 aliphatic heterocycles. The van der Waals surface area contributed by atoms with Gasteiger partial charge in [0, 0.05) is 65.4 Å². The molecule has 4 rings (SSSR count). The number of piperazine rings is 2. The van der Waals surface area contributed by atoms with E-state index in [4.69, 9.17) is 0 Å². The minimum atomic E-state index is -0.185. The Kier molecular flexibility index (Phi) is 6.26. The minimum Gasteiger partial charge on any atom is -0.314 e.